The molecule has 0 aliphatic carbocycles. The highest BCUT2D eigenvalue weighted by Gasteiger charge is 2.00. The van der Waals surface area contributed by atoms with E-state index >= 15 is 0 Å². The average molecular weight is 209 g/mol. The van der Waals surface area contributed by atoms with Crippen molar-refractivity contribution in [1.82, 2.24) is 4.98 Å². The standard InChI is InChI=1S/C12H19N.H4N2/c1-3-4-11(2)5-6-12-7-9-13-10-8-12;1-2/h7-11H,3-6H2,1-2H3;1-2H2. The lowest BCUT2D eigenvalue weighted by molar-refractivity contribution is 0.486. The monoisotopic (exact) mass is 209 g/mol. The molecule has 1 unspecified atom stereocenters. The summed E-state index contributed by atoms with van der Waals surface area (Å²) in [6.07, 6.45) is 8.91. The summed E-state index contributed by atoms with van der Waals surface area (Å²) in [6.45, 7) is 4.59. The molecule has 86 valence electrons. The molecule has 0 aliphatic rings. The first kappa shape index (κ1) is 14.1. The maximum absolute atomic E-state index is 4.01. The second-order valence-electron chi connectivity index (χ2n) is 3.79. The van der Waals surface area contributed by atoms with E-state index in [1.165, 1.54) is 31.2 Å². The van der Waals surface area contributed by atoms with E-state index in [-0.39, 0.29) is 0 Å². The summed E-state index contributed by atoms with van der Waals surface area (Å²) in [7, 11) is 0. The summed E-state index contributed by atoms with van der Waals surface area (Å²) in [4.78, 5) is 4.01. The van der Waals surface area contributed by atoms with Crippen LogP contribution in [-0.2, 0) is 6.42 Å². The van der Waals surface area contributed by atoms with Gasteiger partial charge in [-0.15, -0.1) is 0 Å². The van der Waals surface area contributed by atoms with Crippen LogP contribution in [0, 0.1) is 5.92 Å². The van der Waals surface area contributed by atoms with Crippen LogP contribution in [0.1, 0.15) is 38.7 Å². The van der Waals surface area contributed by atoms with Gasteiger partial charge in [-0.2, -0.15) is 0 Å². The zero-order chi connectivity index (χ0) is 11.5. The Bertz CT molecular complexity index is 224. The Kier molecular flexibility index (Phi) is 9.02. The molecule has 1 heterocycles. The second-order valence-corrected chi connectivity index (χ2v) is 3.79. The van der Waals surface area contributed by atoms with Crippen LogP contribution < -0.4 is 11.7 Å². The number of rotatable bonds is 5. The van der Waals surface area contributed by atoms with Crippen LogP contribution in [0.3, 0.4) is 0 Å². The molecule has 0 fully saturated rings. The number of nitrogens with zero attached hydrogens (tertiary/aromatic N) is 1. The van der Waals surface area contributed by atoms with Crippen molar-refractivity contribution in [3.05, 3.63) is 30.1 Å². The first-order chi connectivity index (χ1) is 7.33. The summed E-state index contributed by atoms with van der Waals surface area (Å²) in [6, 6.07) is 4.22. The molecule has 0 saturated heterocycles. The number of hydrogen-bond acceptors (Lipinski definition) is 3. The number of pyridine rings is 1. The van der Waals surface area contributed by atoms with Crippen LogP contribution in [0.2, 0.25) is 0 Å². The van der Waals surface area contributed by atoms with Crippen molar-refractivity contribution in [3.63, 3.8) is 0 Å². The van der Waals surface area contributed by atoms with Gasteiger partial charge in [-0.25, -0.2) is 0 Å². The third-order valence-corrected chi connectivity index (χ3v) is 2.46. The molecule has 1 aromatic heterocycles. The lowest BCUT2D eigenvalue weighted by atomic mass is 9.98. The number of hydrazine groups is 1. The van der Waals surface area contributed by atoms with Crippen molar-refractivity contribution >= 4 is 0 Å². The first-order valence-corrected chi connectivity index (χ1v) is 5.55. The van der Waals surface area contributed by atoms with Gasteiger partial charge >= 0.3 is 0 Å². The van der Waals surface area contributed by atoms with Gasteiger partial charge in [0, 0.05) is 12.4 Å². The molecule has 4 N–H and O–H groups in total. The van der Waals surface area contributed by atoms with Gasteiger partial charge in [0.05, 0.1) is 0 Å². The smallest absolute Gasteiger partial charge is 0.0270 e. The molecule has 0 aromatic carbocycles. The molecule has 0 amide bonds. The van der Waals surface area contributed by atoms with Gasteiger partial charge in [-0.05, 0) is 36.5 Å². The Morgan fingerprint density at radius 3 is 2.33 bits per heavy atom. The van der Waals surface area contributed by atoms with Crippen LogP contribution in [0.25, 0.3) is 0 Å². The molecule has 1 atom stereocenters. The summed E-state index contributed by atoms with van der Waals surface area (Å²) in [5.74, 6) is 8.86. The van der Waals surface area contributed by atoms with Crippen molar-refractivity contribution in [2.75, 3.05) is 0 Å². The lowest BCUT2D eigenvalue weighted by Gasteiger charge is -2.08. The van der Waals surface area contributed by atoms with Crippen molar-refractivity contribution < 1.29 is 0 Å². The molecule has 0 radical (unpaired) electrons. The number of aromatic nitrogens is 1. The summed E-state index contributed by atoms with van der Waals surface area (Å²) in [5.41, 5.74) is 1.41. The Labute approximate surface area is 92.9 Å². The normalized spacial score (nSPS) is 11.5. The molecule has 0 bridgehead atoms. The van der Waals surface area contributed by atoms with E-state index in [9.17, 15) is 0 Å². The minimum Gasteiger partial charge on any atom is -0.274 e. The van der Waals surface area contributed by atoms with Crippen LogP contribution >= 0.6 is 0 Å². The highest BCUT2D eigenvalue weighted by molar-refractivity contribution is 5.09. The lowest BCUT2D eigenvalue weighted by Crippen LogP contribution is -2.02. The fraction of sp³-hybridized carbons (Fsp3) is 0.583. The third kappa shape index (κ3) is 7.05. The van der Waals surface area contributed by atoms with Crippen LogP contribution in [-0.4, -0.2) is 4.98 Å². The van der Waals surface area contributed by atoms with Gasteiger partial charge < -0.3 is 0 Å². The van der Waals surface area contributed by atoms with Gasteiger partial charge in [0.25, 0.3) is 0 Å². The van der Waals surface area contributed by atoms with E-state index in [1.807, 2.05) is 12.4 Å². The maximum Gasteiger partial charge on any atom is 0.0270 e. The van der Waals surface area contributed by atoms with E-state index in [0.717, 1.165) is 5.92 Å². The first-order valence-electron chi connectivity index (χ1n) is 5.55. The van der Waals surface area contributed by atoms with E-state index in [1.54, 1.807) is 0 Å². The predicted molar refractivity (Wildman–Crippen MR) is 65.0 cm³/mol. The van der Waals surface area contributed by atoms with Gasteiger partial charge in [-0.1, -0.05) is 26.7 Å². The third-order valence-electron chi connectivity index (χ3n) is 2.46. The molecular weight excluding hydrogens is 186 g/mol. The molecule has 0 saturated carbocycles. The van der Waals surface area contributed by atoms with Crippen molar-refractivity contribution in [3.8, 4) is 0 Å². The number of hydrogen-bond donors (Lipinski definition) is 2. The molecule has 3 nitrogen and oxygen atoms in total. The fourth-order valence-corrected chi connectivity index (χ4v) is 1.60. The molecule has 15 heavy (non-hydrogen) atoms. The number of nitrogens with two attached hydrogens (primary N) is 2. The van der Waals surface area contributed by atoms with E-state index < -0.39 is 0 Å². The fourth-order valence-electron chi connectivity index (χ4n) is 1.60. The highest BCUT2D eigenvalue weighted by atomic mass is 15.0. The molecule has 3 heteroatoms. The van der Waals surface area contributed by atoms with Crippen molar-refractivity contribution in [2.45, 2.75) is 39.5 Å². The largest absolute Gasteiger partial charge is 0.274 e. The summed E-state index contributed by atoms with van der Waals surface area (Å²) in [5, 5.41) is 0. The number of aryl methyl sites for hydroxylation is 1. The Morgan fingerprint density at radius 2 is 1.80 bits per heavy atom. The SMILES string of the molecule is CCCC(C)CCc1ccncc1.NN. The Balaban J connectivity index is 0.000000921. The van der Waals surface area contributed by atoms with Gasteiger partial charge in [0.1, 0.15) is 0 Å². The van der Waals surface area contributed by atoms with E-state index in [2.05, 4.69) is 42.6 Å². The Hall–Kier alpha value is -0.930. The quantitative estimate of drug-likeness (QED) is 0.577. The van der Waals surface area contributed by atoms with Crippen LogP contribution in [0.15, 0.2) is 24.5 Å². The van der Waals surface area contributed by atoms with Crippen LogP contribution in [0.5, 0.6) is 0 Å². The molecule has 1 aromatic rings. The minimum atomic E-state index is 0.859. The molecule has 0 aliphatic heterocycles. The minimum absolute atomic E-state index is 0.859. The summed E-state index contributed by atoms with van der Waals surface area (Å²) >= 11 is 0. The topological polar surface area (TPSA) is 64.9 Å². The zero-order valence-corrected chi connectivity index (χ0v) is 9.82. The predicted octanol–water partition coefficient (Wildman–Crippen LogP) is 2.27. The van der Waals surface area contributed by atoms with Crippen molar-refractivity contribution in [1.29, 1.82) is 0 Å². The highest BCUT2D eigenvalue weighted by Crippen LogP contribution is 2.13. The zero-order valence-electron chi connectivity index (χ0n) is 9.82. The van der Waals surface area contributed by atoms with E-state index in [0.29, 0.717) is 0 Å². The Morgan fingerprint density at radius 1 is 1.20 bits per heavy atom. The maximum atomic E-state index is 4.01. The second kappa shape index (κ2) is 9.62. The average Bonchev–Trinajstić information content (AvgIpc) is 2.31. The van der Waals surface area contributed by atoms with Gasteiger partial charge in [-0.3, -0.25) is 16.7 Å². The van der Waals surface area contributed by atoms with Crippen LogP contribution in [0.4, 0.5) is 0 Å². The van der Waals surface area contributed by atoms with E-state index in [4.69, 9.17) is 0 Å². The van der Waals surface area contributed by atoms with Gasteiger partial charge in [0.15, 0.2) is 0 Å². The van der Waals surface area contributed by atoms with Gasteiger partial charge in [0.2, 0.25) is 0 Å². The van der Waals surface area contributed by atoms with Crippen molar-refractivity contribution in [2.24, 2.45) is 17.6 Å². The molecule has 0 spiro atoms. The molecule has 1 rings (SSSR count). The summed E-state index contributed by atoms with van der Waals surface area (Å²) < 4.78 is 0. The molecular formula is C12H23N3.